The van der Waals surface area contributed by atoms with Crippen molar-refractivity contribution in [1.82, 2.24) is 10.3 Å². The van der Waals surface area contributed by atoms with E-state index in [0.29, 0.717) is 6.42 Å². The number of aromatic nitrogens is 1. The highest BCUT2D eigenvalue weighted by molar-refractivity contribution is 5.91. The molecule has 2 heterocycles. The number of hydrogen-bond donors (Lipinski definition) is 2. The molecule has 1 amide bonds. The molecule has 2 atom stereocenters. The number of carbonyl (C=O) groups is 1. The molecule has 4 nitrogen and oxygen atoms in total. The molecule has 3 aromatic rings. The van der Waals surface area contributed by atoms with Crippen LogP contribution in [0.1, 0.15) is 11.1 Å². The van der Waals surface area contributed by atoms with Crippen molar-refractivity contribution in [2.45, 2.75) is 24.9 Å². The van der Waals surface area contributed by atoms with E-state index >= 15 is 0 Å². The molecule has 1 aliphatic rings. The van der Waals surface area contributed by atoms with Crippen LogP contribution in [0.4, 0.5) is 0 Å². The van der Waals surface area contributed by atoms with Crippen molar-refractivity contribution in [1.29, 1.82) is 0 Å². The summed E-state index contributed by atoms with van der Waals surface area (Å²) in [5.41, 5.74) is 3.42. The van der Waals surface area contributed by atoms with Crippen LogP contribution < -0.4 is 5.32 Å². The number of aromatic amines is 1. The lowest BCUT2D eigenvalue weighted by atomic mass is 10.0. The number of hydrogen-bond acceptors (Lipinski definition) is 2. The SMILES string of the molecule is O=C1NC(Cc2ccccc2)C=N[C@H]1Cc1c[nH]c2ccccc12. The van der Waals surface area contributed by atoms with Crippen LogP contribution in [-0.2, 0) is 17.6 Å². The number of benzene rings is 2. The van der Waals surface area contributed by atoms with Crippen LogP contribution >= 0.6 is 0 Å². The average Bonchev–Trinajstić information content (AvgIpc) is 3.01. The van der Waals surface area contributed by atoms with E-state index in [0.717, 1.165) is 22.9 Å². The summed E-state index contributed by atoms with van der Waals surface area (Å²) in [5, 5.41) is 4.24. The molecule has 0 spiro atoms. The summed E-state index contributed by atoms with van der Waals surface area (Å²) in [4.78, 5) is 20.2. The minimum atomic E-state index is -0.351. The predicted molar refractivity (Wildman–Crippen MR) is 96.4 cm³/mol. The molecule has 24 heavy (non-hydrogen) atoms. The van der Waals surface area contributed by atoms with Gasteiger partial charge in [-0.2, -0.15) is 0 Å². The first kappa shape index (κ1) is 14.7. The van der Waals surface area contributed by atoms with E-state index < -0.39 is 0 Å². The van der Waals surface area contributed by atoms with Gasteiger partial charge >= 0.3 is 0 Å². The first-order valence-electron chi connectivity index (χ1n) is 8.22. The lowest BCUT2D eigenvalue weighted by Crippen LogP contribution is -2.47. The second-order valence-electron chi connectivity index (χ2n) is 6.18. The number of para-hydroxylation sites is 1. The monoisotopic (exact) mass is 317 g/mol. The van der Waals surface area contributed by atoms with E-state index in [1.54, 1.807) is 0 Å². The molecule has 0 saturated carbocycles. The third kappa shape index (κ3) is 2.95. The van der Waals surface area contributed by atoms with E-state index in [1.165, 1.54) is 5.56 Å². The Labute approximate surface area is 140 Å². The predicted octanol–water partition coefficient (Wildman–Crippen LogP) is 2.89. The zero-order valence-electron chi connectivity index (χ0n) is 13.3. The Morgan fingerprint density at radius 2 is 1.75 bits per heavy atom. The van der Waals surface area contributed by atoms with Gasteiger partial charge in [0.15, 0.2) is 0 Å². The van der Waals surface area contributed by atoms with Crippen LogP contribution in [0.5, 0.6) is 0 Å². The minimum absolute atomic E-state index is 0.00344. The molecule has 1 unspecified atom stereocenters. The number of fused-ring (bicyclic) bond motifs is 1. The fourth-order valence-electron chi connectivity index (χ4n) is 3.22. The number of nitrogens with zero attached hydrogens (tertiary/aromatic N) is 1. The maximum Gasteiger partial charge on any atom is 0.245 e. The van der Waals surface area contributed by atoms with Crippen molar-refractivity contribution in [2.24, 2.45) is 4.99 Å². The van der Waals surface area contributed by atoms with E-state index in [2.05, 4.69) is 33.5 Å². The third-order valence-electron chi connectivity index (χ3n) is 4.46. The number of carbonyl (C=O) groups excluding carboxylic acids is 1. The van der Waals surface area contributed by atoms with Crippen molar-refractivity contribution in [3.8, 4) is 0 Å². The van der Waals surface area contributed by atoms with Gasteiger partial charge in [0.25, 0.3) is 0 Å². The van der Waals surface area contributed by atoms with Crippen LogP contribution in [0.15, 0.2) is 65.8 Å². The van der Waals surface area contributed by atoms with Crippen LogP contribution in [0.25, 0.3) is 10.9 Å². The normalized spacial score (nSPS) is 20.2. The Morgan fingerprint density at radius 3 is 2.58 bits per heavy atom. The van der Waals surface area contributed by atoms with Gasteiger partial charge < -0.3 is 10.3 Å². The summed E-state index contributed by atoms with van der Waals surface area (Å²) in [5.74, 6) is 0.00344. The van der Waals surface area contributed by atoms with E-state index in [9.17, 15) is 4.79 Å². The molecule has 0 radical (unpaired) electrons. The molecular formula is C20H19N3O. The van der Waals surface area contributed by atoms with Crippen LogP contribution in [0, 0.1) is 0 Å². The summed E-state index contributed by atoms with van der Waals surface area (Å²) < 4.78 is 0. The molecule has 4 rings (SSSR count). The number of nitrogens with one attached hydrogen (secondary N) is 2. The first-order chi connectivity index (χ1) is 11.8. The quantitative estimate of drug-likeness (QED) is 0.764. The molecule has 120 valence electrons. The molecule has 4 heteroatoms. The summed E-state index contributed by atoms with van der Waals surface area (Å²) >= 11 is 0. The van der Waals surface area contributed by atoms with Gasteiger partial charge in [-0.3, -0.25) is 9.79 Å². The highest BCUT2D eigenvalue weighted by Crippen LogP contribution is 2.20. The number of aliphatic imine (C=N–C) groups is 1. The summed E-state index contributed by atoms with van der Waals surface area (Å²) in [6.45, 7) is 0. The zero-order valence-corrected chi connectivity index (χ0v) is 13.3. The lowest BCUT2D eigenvalue weighted by molar-refractivity contribution is -0.122. The van der Waals surface area contributed by atoms with Gasteiger partial charge in [0.1, 0.15) is 6.04 Å². The number of rotatable bonds is 4. The number of H-pyrrole nitrogens is 1. The maximum atomic E-state index is 12.4. The van der Waals surface area contributed by atoms with Crippen molar-refractivity contribution >= 4 is 23.0 Å². The zero-order chi connectivity index (χ0) is 16.4. The molecule has 0 fully saturated rings. The average molecular weight is 317 g/mol. The van der Waals surface area contributed by atoms with E-state index in [1.807, 2.05) is 48.8 Å². The van der Waals surface area contributed by atoms with Gasteiger partial charge in [0.2, 0.25) is 5.91 Å². The smallest absolute Gasteiger partial charge is 0.245 e. The Bertz CT molecular complexity index is 882. The molecule has 0 bridgehead atoms. The second-order valence-corrected chi connectivity index (χ2v) is 6.18. The highest BCUT2D eigenvalue weighted by atomic mass is 16.2. The van der Waals surface area contributed by atoms with E-state index in [-0.39, 0.29) is 18.0 Å². The topological polar surface area (TPSA) is 57.2 Å². The maximum absolute atomic E-state index is 12.4. The summed E-state index contributed by atoms with van der Waals surface area (Å²) in [6.07, 6.45) is 5.25. The molecule has 1 aromatic heterocycles. The van der Waals surface area contributed by atoms with Gasteiger partial charge in [0, 0.05) is 29.7 Å². The second kappa shape index (κ2) is 6.32. The van der Waals surface area contributed by atoms with Crippen molar-refractivity contribution in [3.63, 3.8) is 0 Å². The minimum Gasteiger partial charge on any atom is -0.361 e. The van der Waals surface area contributed by atoms with Crippen LogP contribution in [-0.4, -0.2) is 29.2 Å². The summed E-state index contributed by atoms with van der Waals surface area (Å²) in [6, 6.07) is 17.9. The largest absolute Gasteiger partial charge is 0.361 e. The Balaban J connectivity index is 1.48. The number of amides is 1. The molecular weight excluding hydrogens is 298 g/mol. The molecule has 0 saturated heterocycles. The Morgan fingerprint density at radius 1 is 0.958 bits per heavy atom. The molecule has 0 aliphatic carbocycles. The van der Waals surface area contributed by atoms with Gasteiger partial charge in [0.05, 0.1) is 6.04 Å². The van der Waals surface area contributed by atoms with E-state index in [4.69, 9.17) is 0 Å². The fraction of sp³-hybridized carbons (Fsp3) is 0.200. The van der Waals surface area contributed by atoms with Gasteiger partial charge in [-0.1, -0.05) is 48.5 Å². The molecule has 2 N–H and O–H groups in total. The lowest BCUT2D eigenvalue weighted by Gasteiger charge is -2.23. The Hall–Kier alpha value is -2.88. The van der Waals surface area contributed by atoms with Gasteiger partial charge in [-0.15, -0.1) is 0 Å². The first-order valence-corrected chi connectivity index (χ1v) is 8.22. The third-order valence-corrected chi connectivity index (χ3v) is 4.46. The standard InChI is InChI=1S/C20H19N3O/c24-20-19(11-15-12-21-18-9-5-4-8-17(15)18)22-13-16(23-20)10-14-6-2-1-3-7-14/h1-9,12-13,16,19,21H,10-11H2,(H,23,24)/t16?,19-/m0/s1. The van der Waals surface area contributed by atoms with Gasteiger partial charge in [-0.05, 0) is 23.6 Å². The van der Waals surface area contributed by atoms with Crippen molar-refractivity contribution < 1.29 is 4.79 Å². The molecule has 2 aromatic carbocycles. The fourth-order valence-corrected chi connectivity index (χ4v) is 3.22. The van der Waals surface area contributed by atoms with Crippen molar-refractivity contribution in [3.05, 3.63) is 71.9 Å². The van der Waals surface area contributed by atoms with Crippen LogP contribution in [0.3, 0.4) is 0 Å². The Kier molecular flexibility index (Phi) is 3.87. The summed E-state index contributed by atoms with van der Waals surface area (Å²) in [7, 11) is 0. The van der Waals surface area contributed by atoms with Gasteiger partial charge in [-0.25, -0.2) is 0 Å². The molecule has 1 aliphatic heterocycles. The van der Waals surface area contributed by atoms with Crippen LogP contribution in [0.2, 0.25) is 0 Å². The van der Waals surface area contributed by atoms with Crippen molar-refractivity contribution in [2.75, 3.05) is 0 Å². The highest BCUT2D eigenvalue weighted by Gasteiger charge is 2.25.